The number of fused-ring (bicyclic) bond motifs is 12. The van der Waals surface area contributed by atoms with Gasteiger partial charge in [0.1, 0.15) is 0 Å². The van der Waals surface area contributed by atoms with Crippen LogP contribution in [0.3, 0.4) is 0 Å². The third kappa shape index (κ3) is 6.07. The maximum Gasteiger partial charge on any atom is 0.178 e. The van der Waals surface area contributed by atoms with Crippen LogP contribution in [0.1, 0.15) is 22.3 Å². The average Bonchev–Trinajstić information content (AvgIpc) is 3.74. The van der Waals surface area contributed by atoms with Crippen molar-refractivity contribution in [3.05, 3.63) is 259 Å². The molecule has 322 valence electrons. The predicted molar refractivity (Wildman–Crippen MR) is 278 cm³/mol. The van der Waals surface area contributed by atoms with Gasteiger partial charge in [0.15, 0.2) is 40.5 Å². The number of rotatable bonds is 6. The SMILES string of the molecule is c1ccc(-c2nc(-c3ccc(-c4ccc5c(c4)Oc4ccc6c(c4O5)-c4ccccc4C6(c4ccccc4)c4ccccc4)cc3)nc(-c3ccc4c5ccccc5c5ccccc5c4c3)n2)cc1. The molecule has 2 aliphatic rings. The van der Waals surface area contributed by atoms with Crippen LogP contribution < -0.4 is 9.47 Å². The maximum absolute atomic E-state index is 6.92. The lowest BCUT2D eigenvalue weighted by Gasteiger charge is -2.34. The molecule has 0 bridgehead atoms. The summed E-state index contributed by atoms with van der Waals surface area (Å²) in [4.78, 5) is 15.3. The second-order valence-corrected chi connectivity index (χ2v) is 17.8. The van der Waals surface area contributed by atoms with Crippen molar-refractivity contribution in [2.45, 2.75) is 5.41 Å². The van der Waals surface area contributed by atoms with Crippen molar-refractivity contribution in [3.63, 3.8) is 0 Å². The van der Waals surface area contributed by atoms with Crippen molar-refractivity contribution in [2.24, 2.45) is 0 Å². The Balaban J connectivity index is 0.821. The highest BCUT2D eigenvalue weighted by Gasteiger charge is 2.48. The molecule has 1 aliphatic carbocycles. The first kappa shape index (κ1) is 39.0. The fourth-order valence-electron chi connectivity index (χ4n) is 11.0. The second-order valence-electron chi connectivity index (χ2n) is 17.8. The Bertz CT molecular complexity index is 3930. The van der Waals surface area contributed by atoms with E-state index >= 15 is 0 Å². The van der Waals surface area contributed by atoms with Gasteiger partial charge in [-0.25, -0.2) is 15.0 Å². The minimum absolute atomic E-state index is 0.531. The third-order valence-corrected chi connectivity index (χ3v) is 14.1. The molecule has 5 nitrogen and oxygen atoms in total. The monoisotopic (exact) mass is 881 g/mol. The molecule has 2 heterocycles. The largest absolute Gasteiger partial charge is 0.449 e. The molecule has 0 amide bonds. The fourth-order valence-corrected chi connectivity index (χ4v) is 11.0. The van der Waals surface area contributed by atoms with Gasteiger partial charge in [-0.2, -0.15) is 0 Å². The van der Waals surface area contributed by atoms with Gasteiger partial charge in [0.25, 0.3) is 0 Å². The smallest absolute Gasteiger partial charge is 0.178 e. The first-order valence-corrected chi connectivity index (χ1v) is 23.3. The van der Waals surface area contributed by atoms with Gasteiger partial charge in [0.2, 0.25) is 0 Å². The lowest BCUT2D eigenvalue weighted by molar-refractivity contribution is 0.360. The van der Waals surface area contributed by atoms with Crippen LogP contribution in [0, 0.1) is 0 Å². The van der Waals surface area contributed by atoms with Crippen LogP contribution >= 0.6 is 0 Å². The van der Waals surface area contributed by atoms with Gasteiger partial charge in [-0.15, -0.1) is 0 Å². The summed E-state index contributed by atoms with van der Waals surface area (Å²) in [5.41, 5.74) is 11.2. The highest BCUT2D eigenvalue weighted by atomic mass is 16.6. The van der Waals surface area contributed by atoms with Gasteiger partial charge in [-0.1, -0.05) is 212 Å². The summed E-state index contributed by atoms with van der Waals surface area (Å²) in [6.45, 7) is 0. The quantitative estimate of drug-likeness (QED) is 0.156. The topological polar surface area (TPSA) is 57.1 Å². The van der Waals surface area contributed by atoms with Gasteiger partial charge in [-0.3, -0.25) is 0 Å². The van der Waals surface area contributed by atoms with Crippen molar-refractivity contribution in [1.82, 2.24) is 15.0 Å². The predicted octanol–water partition coefficient (Wildman–Crippen LogP) is 16.3. The molecular formula is C64H39N3O2. The van der Waals surface area contributed by atoms with Gasteiger partial charge in [-0.05, 0) is 95.5 Å². The zero-order chi connectivity index (χ0) is 45.5. The van der Waals surface area contributed by atoms with Gasteiger partial charge in [0, 0.05) is 22.3 Å². The van der Waals surface area contributed by atoms with E-state index in [0.717, 1.165) is 44.7 Å². The molecule has 0 saturated heterocycles. The summed E-state index contributed by atoms with van der Waals surface area (Å²) in [6, 6.07) is 83.1. The number of hydrogen-bond donors (Lipinski definition) is 0. The van der Waals surface area contributed by atoms with E-state index in [2.05, 4.69) is 200 Å². The number of hydrogen-bond acceptors (Lipinski definition) is 5. The molecule has 0 unspecified atom stereocenters. The fraction of sp³-hybridized carbons (Fsp3) is 0.0156. The van der Waals surface area contributed by atoms with Crippen LogP contribution in [0.4, 0.5) is 0 Å². The molecule has 1 aliphatic heterocycles. The zero-order valence-corrected chi connectivity index (χ0v) is 37.2. The molecule has 12 aromatic rings. The highest BCUT2D eigenvalue weighted by molar-refractivity contribution is 6.25. The summed E-state index contributed by atoms with van der Waals surface area (Å²) in [5, 5.41) is 7.27. The average molecular weight is 882 g/mol. The van der Waals surface area contributed by atoms with Gasteiger partial charge >= 0.3 is 0 Å². The molecule has 1 aromatic heterocycles. The standard InChI is InChI=1S/C64H39N3O2/c1-4-16-41(17-5-1)61-65-62(67-63(66-61)44-32-34-51-49-24-11-10-22-47(49)48-23-12-13-25-50(48)53(51)38-44)42-30-28-40(29-31-42)43-33-36-56-58(39-43)68-57-37-35-55-59(60(57)69-56)52-26-14-15-27-54(52)64(55,45-18-6-2-7-19-45)46-20-8-3-9-21-46/h1-39H. The minimum Gasteiger partial charge on any atom is -0.449 e. The van der Waals surface area contributed by atoms with Crippen molar-refractivity contribution < 1.29 is 9.47 Å². The second kappa shape index (κ2) is 15.4. The van der Waals surface area contributed by atoms with Crippen LogP contribution in [0.25, 0.3) is 88.7 Å². The van der Waals surface area contributed by atoms with Crippen LogP contribution in [-0.4, -0.2) is 15.0 Å². The van der Waals surface area contributed by atoms with E-state index in [4.69, 9.17) is 24.4 Å². The van der Waals surface area contributed by atoms with E-state index in [1.54, 1.807) is 0 Å². The van der Waals surface area contributed by atoms with Gasteiger partial charge in [0.05, 0.1) is 5.41 Å². The number of benzene rings is 11. The van der Waals surface area contributed by atoms with Crippen LogP contribution in [0.2, 0.25) is 0 Å². The van der Waals surface area contributed by atoms with Crippen molar-refractivity contribution in [2.75, 3.05) is 0 Å². The Morgan fingerprint density at radius 3 is 1.42 bits per heavy atom. The maximum atomic E-state index is 6.92. The third-order valence-electron chi connectivity index (χ3n) is 14.1. The molecule has 0 fully saturated rings. The summed E-state index contributed by atoms with van der Waals surface area (Å²) >= 11 is 0. The van der Waals surface area contributed by atoms with Crippen molar-refractivity contribution in [1.29, 1.82) is 0 Å². The lowest BCUT2D eigenvalue weighted by atomic mass is 9.68. The zero-order valence-electron chi connectivity index (χ0n) is 37.2. The number of aromatic nitrogens is 3. The first-order chi connectivity index (χ1) is 34.2. The Morgan fingerprint density at radius 1 is 0.290 bits per heavy atom. The molecule has 0 radical (unpaired) electrons. The molecule has 11 aromatic carbocycles. The summed E-state index contributed by atoms with van der Waals surface area (Å²) in [5.74, 6) is 4.60. The molecular weight excluding hydrogens is 843 g/mol. The number of ether oxygens (including phenoxy) is 2. The Labute approximate surface area is 398 Å². The van der Waals surface area contributed by atoms with Gasteiger partial charge < -0.3 is 9.47 Å². The minimum atomic E-state index is -0.531. The number of nitrogens with zero attached hydrogens (tertiary/aromatic N) is 3. The molecule has 0 atom stereocenters. The van der Waals surface area contributed by atoms with E-state index in [1.807, 2.05) is 36.4 Å². The molecule has 14 rings (SSSR count). The Hall–Kier alpha value is -9.19. The molecule has 0 saturated carbocycles. The van der Waals surface area contributed by atoms with Crippen LogP contribution in [0.5, 0.6) is 23.0 Å². The van der Waals surface area contributed by atoms with E-state index in [1.165, 1.54) is 54.6 Å². The molecule has 5 heteroatoms. The van der Waals surface area contributed by atoms with E-state index in [-0.39, 0.29) is 0 Å². The molecule has 69 heavy (non-hydrogen) atoms. The Kier molecular flexibility index (Phi) is 8.73. The first-order valence-electron chi connectivity index (χ1n) is 23.3. The Morgan fingerprint density at radius 2 is 0.768 bits per heavy atom. The molecule has 0 N–H and O–H groups in total. The molecule has 0 spiro atoms. The highest BCUT2D eigenvalue weighted by Crippen LogP contribution is 2.62. The lowest BCUT2D eigenvalue weighted by Crippen LogP contribution is -2.28. The summed E-state index contributed by atoms with van der Waals surface area (Å²) in [6.07, 6.45) is 0. The normalized spacial score (nSPS) is 13.0. The van der Waals surface area contributed by atoms with Crippen LogP contribution in [0.15, 0.2) is 237 Å². The van der Waals surface area contributed by atoms with Crippen molar-refractivity contribution >= 4 is 32.3 Å². The van der Waals surface area contributed by atoms with Crippen LogP contribution in [-0.2, 0) is 5.41 Å². The summed E-state index contributed by atoms with van der Waals surface area (Å²) in [7, 11) is 0. The van der Waals surface area contributed by atoms with E-state index < -0.39 is 5.41 Å². The summed E-state index contributed by atoms with van der Waals surface area (Å²) < 4.78 is 13.7. The van der Waals surface area contributed by atoms with Crippen molar-refractivity contribution in [3.8, 4) is 79.4 Å². The van der Waals surface area contributed by atoms with E-state index in [0.29, 0.717) is 34.7 Å². The van der Waals surface area contributed by atoms with E-state index in [9.17, 15) is 0 Å².